The van der Waals surface area contributed by atoms with Crippen molar-refractivity contribution < 1.29 is 13.2 Å². The zero-order valence-corrected chi connectivity index (χ0v) is 7.26. The quantitative estimate of drug-likeness (QED) is 0.730. The molecule has 3 nitrogen and oxygen atoms in total. The summed E-state index contributed by atoms with van der Waals surface area (Å²) in [4.78, 5) is 0. The third-order valence-electron chi connectivity index (χ3n) is 1.71. The van der Waals surface area contributed by atoms with Gasteiger partial charge in [-0.1, -0.05) is 0 Å². The molecule has 74 valence electrons. The third kappa shape index (κ3) is 2.00. The van der Waals surface area contributed by atoms with Crippen LogP contribution in [0.2, 0.25) is 0 Å². The van der Waals surface area contributed by atoms with Crippen LogP contribution in [0, 0.1) is 6.92 Å². The van der Waals surface area contributed by atoms with E-state index in [0.29, 0.717) is 5.69 Å². The minimum Gasteiger partial charge on any atom is -0.315 e. The van der Waals surface area contributed by atoms with E-state index >= 15 is 0 Å². The molecule has 0 amide bonds. The normalized spacial score (nSPS) is 14.6. The topological polar surface area (TPSA) is 43.8 Å². The van der Waals surface area contributed by atoms with Crippen LogP contribution < -0.4 is 5.73 Å². The predicted octanol–water partition coefficient (Wildman–Crippen LogP) is 1.29. The number of rotatable bonds is 1. The molecule has 1 unspecified atom stereocenters. The highest BCUT2D eigenvalue weighted by Crippen LogP contribution is 2.30. The van der Waals surface area contributed by atoms with Gasteiger partial charge in [-0.25, -0.2) is 0 Å². The van der Waals surface area contributed by atoms with Crippen LogP contribution >= 0.6 is 0 Å². The Morgan fingerprint density at radius 1 is 1.54 bits per heavy atom. The number of alkyl halides is 3. The molecule has 0 aliphatic heterocycles. The first-order valence-electron chi connectivity index (χ1n) is 3.65. The lowest BCUT2D eigenvalue weighted by molar-refractivity contribution is -0.150. The van der Waals surface area contributed by atoms with Gasteiger partial charge in [0.15, 0.2) is 0 Å². The van der Waals surface area contributed by atoms with Crippen molar-refractivity contribution in [2.45, 2.75) is 19.1 Å². The minimum absolute atomic E-state index is 0.0231. The lowest BCUT2D eigenvalue weighted by atomic mass is 10.2. The molecule has 1 aromatic heterocycles. The van der Waals surface area contributed by atoms with Gasteiger partial charge >= 0.3 is 6.18 Å². The van der Waals surface area contributed by atoms with Gasteiger partial charge in [-0.05, 0) is 13.0 Å². The van der Waals surface area contributed by atoms with Crippen LogP contribution in [0.15, 0.2) is 6.07 Å². The number of hydrogen-bond acceptors (Lipinski definition) is 2. The van der Waals surface area contributed by atoms with E-state index in [-0.39, 0.29) is 5.69 Å². The number of aromatic nitrogens is 2. The molecule has 1 atom stereocenters. The Labute approximate surface area is 73.3 Å². The van der Waals surface area contributed by atoms with Gasteiger partial charge in [0.2, 0.25) is 0 Å². The first-order chi connectivity index (χ1) is 5.82. The lowest BCUT2D eigenvalue weighted by Gasteiger charge is -2.15. The molecule has 0 aromatic carbocycles. The maximum atomic E-state index is 12.2. The van der Waals surface area contributed by atoms with Gasteiger partial charge in [-0.15, -0.1) is 0 Å². The first-order valence-corrected chi connectivity index (χ1v) is 3.65. The lowest BCUT2D eigenvalue weighted by Crippen LogP contribution is -2.30. The minimum atomic E-state index is -4.42. The molecule has 6 heteroatoms. The van der Waals surface area contributed by atoms with E-state index in [1.807, 2.05) is 0 Å². The molecule has 0 fully saturated rings. The molecule has 0 aliphatic carbocycles. The SMILES string of the molecule is Cc1cc(C(N)C(F)(F)F)n(C)n1. The van der Waals surface area contributed by atoms with Gasteiger partial charge in [-0.3, -0.25) is 4.68 Å². The molecule has 0 bridgehead atoms. The van der Waals surface area contributed by atoms with Gasteiger partial charge in [0.1, 0.15) is 6.04 Å². The fourth-order valence-electron chi connectivity index (χ4n) is 1.09. The Morgan fingerprint density at radius 2 is 2.08 bits per heavy atom. The predicted molar refractivity (Wildman–Crippen MR) is 40.9 cm³/mol. The molecule has 0 radical (unpaired) electrons. The molecular weight excluding hydrogens is 183 g/mol. The number of aryl methyl sites for hydroxylation is 2. The second-order valence-electron chi connectivity index (χ2n) is 2.85. The van der Waals surface area contributed by atoms with Crippen molar-refractivity contribution in [2.75, 3.05) is 0 Å². The van der Waals surface area contributed by atoms with E-state index in [4.69, 9.17) is 5.73 Å². The van der Waals surface area contributed by atoms with Gasteiger partial charge in [-0.2, -0.15) is 18.3 Å². The van der Waals surface area contributed by atoms with Gasteiger partial charge in [0.25, 0.3) is 0 Å². The second kappa shape index (κ2) is 3.02. The number of halogens is 3. The van der Waals surface area contributed by atoms with Crippen molar-refractivity contribution in [1.29, 1.82) is 0 Å². The average Bonchev–Trinajstić information content (AvgIpc) is 2.26. The van der Waals surface area contributed by atoms with E-state index in [1.165, 1.54) is 13.1 Å². The Morgan fingerprint density at radius 3 is 2.38 bits per heavy atom. The molecule has 1 rings (SSSR count). The zero-order valence-electron chi connectivity index (χ0n) is 7.26. The van der Waals surface area contributed by atoms with Crippen molar-refractivity contribution >= 4 is 0 Å². The van der Waals surface area contributed by atoms with Crippen molar-refractivity contribution in [3.8, 4) is 0 Å². The van der Waals surface area contributed by atoms with Crippen molar-refractivity contribution in [3.05, 3.63) is 17.5 Å². The fourth-order valence-corrected chi connectivity index (χ4v) is 1.09. The number of hydrogen-bond donors (Lipinski definition) is 1. The number of nitrogens with two attached hydrogens (primary N) is 1. The highest BCUT2D eigenvalue weighted by atomic mass is 19.4. The van der Waals surface area contributed by atoms with E-state index in [0.717, 1.165) is 4.68 Å². The van der Waals surface area contributed by atoms with Crippen LogP contribution in [0.3, 0.4) is 0 Å². The third-order valence-corrected chi connectivity index (χ3v) is 1.71. The molecule has 1 aromatic rings. The maximum Gasteiger partial charge on any atom is 0.409 e. The van der Waals surface area contributed by atoms with Crippen LogP contribution in [-0.4, -0.2) is 16.0 Å². The largest absolute Gasteiger partial charge is 0.409 e. The Hall–Kier alpha value is -1.04. The monoisotopic (exact) mass is 193 g/mol. The second-order valence-corrected chi connectivity index (χ2v) is 2.85. The molecule has 0 saturated heterocycles. The van der Waals surface area contributed by atoms with Gasteiger partial charge in [0.05, 0.1) is 11.4 Å². The standard InChI is InChI=1S/C7H10F3N3/c1-4-3-5(13(2)12-4)6(11)7(8,9)10/h3,6H,11H2,1-2H3. The first kappa shape index (κ1) is 10.0. The molecule has 13 heavy (non-hydrogen) atoms. The van der Waals surface area contributed by atoms with E-state index in [9.17, 15) is 13.2 Å². The summed E-state index contributed by atoms with van der Waals surface area (Å²) in [6.45, 7) is 1.62. The summed E-state index contributed by atoms with van der Waals surface area (Å²) < 4.78 is 37.6. The fraction of sp³-hybridized carbons (Fsp3) is 0.571. The molecule has 1 heterocycles. The Kier molecular flexibility index (Phi) is 2.34. The van der Waals surface area contributed by atoms with E-state index < -0.39 is 12.2 Å². The van der Waals surface area contributed by atoms with Crippen LogP contribution in [0.25, 0.3) is 0 Å². The van der Waals surface area contributed by atoms with Crippen LogP contribution in [0.5, 0.6) is 0 Å². The Bertz CT molecular complexity index is 302. The van der Waals surface area contributed by atoms with Crippen LogP contribution in [0.1, 0.15) is 17.4 Å². The zero-order chi connectivity index (χ0) is 10.2. The Balaban J connectivity index is 3.01. The highest BCUT2D eigenvalue weighted by Gasteiger charge is 2.39. The van der Waals surface area contributed by atoms with Crippen LogP contribution in [-0.2, 0) is 7.05 Å². The summed E-state index contributed by atoms with van der Waals surface area (Å²) in [5.41, 5.74) is 5.50. The summed E-state index contributed by atoms with van der Waals surface area (Å²) in [6.07, 6.45) is -4.42. The summed E-state index contributed by atoms with van der Waals surface area (Å²) in [7, 11) is 1.44. The van der Waals surface area contributed by atoms with Gasteiger partial charge in [0, 0.05) is 7.05 Å². The van der Waals surface area contributed by atoms with Crippen molar-refractivity contribution in [3.63, 3.8) is 0 Å². The van der Waals surface area contributed by atoms with Crippen molar-refractivity contribution in [1.82, 2.24) is 9.78 Å². The summed E-state index contributed by atoms with van der Waals surface area (Å²) in [5.74, 6) is 0. The smallest absolute Gasteiger partial charge is 0.315 e. The summed E-state index contributed by atoms with van der Waals surface area (Å²) in [5, 5.41) is 3.78. The summed E-state index contributed by atoms with van der Waals surface area (Å²) in [6, 6.07) is -0.628. The number of nitrogens with zero attached hydrogens (tertiary/aromatic N) is 2. The van der Waals surface area contributed by atoms with E-state index in [1.54, 1.807) is 6.92 Å². The highest BCUT2D eigenvalue weighted by molar-refractivity contribution is 5.13. The molecule has 2 N–H and O–H groups in total. The molecule has 0 saturated carbocycles. The van der Waals surface area contributed by atoms with Gasteiger partial charge < -0.3 is 5.73 Å². The molecular formula is C7H10F3N3. The van der Waals surface area contributed by atoms with Crippen LogP contribution in [0.4, 0.5) is 13.2 Å². The maximum absolute atomic E-state index is 12.2. The average molecular weight is 193 g/mol. The van der Waals surface area contributed by atoms with Crippen molar-refractivity contribution in [2.24, 2.45) is 12.8 Å². The van der Waals surface area contributed by atoms with E-state index in [2.05, 4.69) is 5.10 Å². The molecule has 0 spiro atoms. The summed E-state index contributed by atoms with van der Waals surface area (Å²) >= 11 is 0. The molecule has 0 aliphatic rings.